The molecule has 1 aliphatic rings. The van der Waals surface area contributed by atoms with E-state index in [1.807, 2.05) is 0 Å². The molecule has 0 fully saturated rings. The van der Waals surface area contributed by atoms with Crippen LogP contribution in [0.3, 0.4) is 0 Å². The third-order valence-electron chi connectivity index (χ3n) is 2.45. The lowest BCUT2D eigenvalue weighted by molar-refractivity contribution is -0.138. The Morgan fingerprint density at radius 1 is 1.29 bits per heavy atom. The van der Waals surface area contributed by atoms with E-state index in [9.17, 15) is 13.2 Å². The van der Waals surface area contributed by atoms with Crippen molar-refractivity contribution >= 4 is 0 Å². The highest BCUT2D eigenvalue weighted by Crippen LogP contribution is 2.36. The molecule has 0 bridgehead atoms. The van der Waals surface area contributed by atoms with Crippen LogP contribution in [-0.2, 0) is 6.42 Å². The molecule has 17 heavy (non-hydrogen) atoms. The Bertz CT molecular complexity index is 406. The molecule has 3 nitrogen and oxygen atoms in total. The molecule has 0 saturated carbocycles. The molecular weight excluding hydrogens is 235 g/mol. The lowest BCUT2D eigenvalue weighted by Gasteiger charge is -2.14. The topological polar surface area (TPSA) is 44.5 Å². The Labute approximate surface area is 96.3 Å². The van der Waals surface area contributed by atoms with Crippen LogP contribution in [0, 0.1) is 0 Å². The number of halogens is 3. The molecule has 0 aromatic heterocycles. The Balaban J connectivity index is 2.07. The molecule has 1 aromatic rings. The molecule has 0 saturated heterocycles. The molecule has 6 heteroatoms. The normalized spacial score (nSPS) is 16.0. The van der Waals surface area contributed by atoms with Crippen molar-refractivity contribution in [2.24, 2.45) is 5.73 Å². The van der Waals surface area contributed by atoms with Crippen molar-refractivity contribution < 1.29 is 22.6 Å². The minimum atomic E-state index is -4.24. The predicted octanol–water partition coefficient (Wildman–Crippen LogP) is 2.24. The number of hydrogen-bond acceptors (Lipinski definition) is 3. The van der Waals surface area contributed by atoms with E-state index in [1.54, 1.807) is 18.2 Å². The summed E-state index contributed by atoms with van der Waals surface area (Å²) < 4.78 is 46.8. The van der Waals surface area contributed by atoms with Crippen molar-refractivity contribution in [3.8, 4) is 11.5 Å². The van der Waals surface area contributed by atoms with Crippen molar-refractivity contribution in [1.29, 1.82) is 0 Å². The summed E-state index contributed by atoms with van der Waals surface area (Å²) in [5, 5.41) is 0. The van der Waals surface area contributed by atoms with Crippen molar-refractivity contribution in [2.75, 3.05) is 6.79 Å². The second-order valence-electron chi connectivity index (χ2n) is 3.93. The van der Waals surface area contributed by atoms with E-state index >= 15 is 0 Å². The molecule has 1 aliphatic heterocycles. The summed E-state index contributed by atoms with van der Waals surface area (Å²) in [4.78, 5) is 0. The van der Waals surface area contributed by atoms with Gasteiger partial charge < -0.3 is 15.2 Å². The Morgan fingerprint density at radius 3 is 2.76 bits per heavy atom. The highest BCUT2D eigenvalue weighted by Gasteiger charge is 2.31. The highest BCUT2D eigenvalue weighted by atomic mass is 19.4. The van der Waals surface area contributed by atoms with Gasteiger partial charge in [0.05, 0.1) is 6.42 Å². The summed E-state index contributed by atoms with van der Waals surface area (Å²) >= 11 is 0. The highest BCUT2D eigenvalue weighted by molar-refractivity contribution is 5.48. The Morgan fingerprint density at radius 2 is 2.06 bits per heavy atom. The summed E-state index contributed by atoms with van der Waals surface area (Å²) in [5.74, 6) is 1.06. The van der Waals surface area contributed by atoms with Crippen molar-refractivity contribution in [1.82, 2.24) is 0 Å². The van der Waals surface area contributed by atoms with Crippen LogP contribution in [-0.4, -0.2) is 19.0 Å². The number of hydrogen-bond donors (Lipinski definition) is 1. The van der Waals surface area contributed by atoms with Gasteiger partial charge in [0.15, 0.2) is 11.5 Å². The van der Waals surface area contributed by atoms with Gasteiger partial charge in [-0.25, -0.2) is 0 Å². The zero-order valence-corrected chi connectivity index (χ0v) is 8.96. The largest absolute Gasteiger partial charge is 0.454 e. The van der Waals surface area contributed by atoms with Crippen molar-refractivity contribution in [2.45, 2.75) is 25.1 Å². The molecule has 1 aromatic carbocycles. The molecule has 0 radical (unpaired) electrons. The zero-order valence-electron chi connectivity index (χ0n) is 8.96. The monoisotopic (exact) mass is 247 g/mol. The molecule has 1 heterocycles. The molecule has 0 spiro atoms. The molecule has 94 valence electrons. The molecule has 0 amide bonds. The van der Waals surface area contributed by atoms with Crippen LogP contribution >= 0.6 is 0 Å². The smallest absolute Gasteiger partial charge is 0.390 e. The van der Waals surface area contributed by atoms with E-state index in [-0.39, 0.29) is 13.2 Å². The summed E-state index contributed by atoms with van der Waals surface area (Å²) in [7, 11) is 0. The first-order chi connectivity index (χ1) is 7.96. The molecule has 1 unspecified atom stereocenters. The van der Waals surface area contributed by atoms with E-state index in [2.05, 4.69) is 0 Å². The van der Waals surface area contributed by atoms with E-state index in [0.29, 0.717) is 17.1 Å². The van der Waals surface area contributed by atoms with Crippen LogP contribution in [0.2, 0.25) is 0 Å². The number of ether oxygens (including phenoxy) is 2. The van der Waals surface area contributed by atoms with E-state index in [0.717, 1.165) is 0 Å². The van der Waals surface area contributed by atoms with Gasteiger partial charge in [-0.2, -0.15) is 13.2 Å². The first-order valence-corrected chi connectivity index (χ1v) is 5.15. The maximum atomic E-state index is 12.1. The number of rotatable bonds is 3. The van der Waals surface area contributed by atoms with Gasteiger partial charge in [-0.05, 0) is 18.1 Å². The maximum Gasteiger partial charge on any atom is 0.390 e. The third-order valence-corrected chi connectivity index (χ3v) is 2.45. The van der Waals surface area contributed by atoms with Gasteiger partial charge in [-0.15, -0.1) is 0 Å². The van der Waals surface area contributed by atoms with Crippen molar-refractivity contribution in [3.05, 3.63) is 23.8 Å². The van der Waals surface area contributed by atoms with Crippen molar-refractivity contribution in [3.63, 3.8) is 0 Å². The number of para-hydroxylation sites is 1. The molecule has 2 N–H and O–H groups in total. The van der Waals surface area contributed by atoms with Gasteiger partial charge >= 0.3 is 6.18 Å². The first-order valence-electron chi connectivity index (χ1n) is 5.15. The SMILES string of the molecule is NC(Cc1cccc2c1OCO2)CC(F)(F)F. The fourth-order valence-corrected chi connectivity index (χ4v) is 1.80. The minimum Gasteiger partial charge on any atom is -0.454 e. The summed E-state index contributed by atoms with van der Waals surface area (Å²) in [6.07, 6.45) is -5.13. The summed E-state index contributed by atoms with van der Waals surface area (Å²) in [5.41, 5.74) is 6.12. The quantitative estimate of drug-likeness (QED) is 0.890. The van der Waals surface area contributed by atoms with Gasteiger partial charge in [0, 0.05) is 6.04 Å². The third kappa shape index (κ3) is 3.03. The second-order valence-corrected chi connectivity index (χ2v) is 3.93. The molecule has 1 atom stereocenters. The minimum absolute atomic E-state index is 0.0981. The van der Waals surface area contributed by atoms with Crippen LogP contribution in [0.15, 0.2) is 18.2 Å². The Kier molecular flexibility index (Phi) is 3.15. The predicted molar refractivity (Wildman–Crippen MR) is 54.9 cm³/mol. The zero-order chi connectivity index (χ0) is 12.5. The number of fused-ring (bicyclic) bond motifs is 1. The first kappa shape index (κ1) is 12.0. The fourth-order valence-electron chi connectivity index (χ4n) is 1.80. The summed E-state index contributed by atoms with van der Waals surface area (Å²) in [6, 6.07) is 4.15. The number of alkyl halides is 3. The molecule has 2 rings (SSSR count). The van der Waals surface area contributed by atoms with Crippen LogP contribution in [0.4, 0.5) is 13.2 Å². The summed E-state index contributed by atoms with van der Waals surface area (Å²) in [6.45, 7) is 0.0981. The lowest BCUT2D eigenvalue weighted by Crippen LogP contribution is -2.29. The molecule has 0 aliphatic carbocycles. The number of benzene rings is 1. The van der Waals surface area contributed by atoms with E-state index < -0.39 is 18.6 Å². The van der Waals surface area contributed by atoms with E-state index in [4.69, 9.17) is 15.2 Å². The average molecular weight is 247 g/mol. The van der Waals surface area contributed by atoms with Crippen LogP contribution in [0.25, 0.3) is 0 Å². The van der Waals surface area contributed by atoms with Gasteiger partial charge in [0.1, 0.15) is 0 Å². The van der Waals surface area contributed by atoms with Crippen LogP contribution in [0.5, 0.6) is 11.5 Å². The fraction of sp³-hybridized carbons (Fsp3) is 0.455. The van der Waals surface area contributed by atoms with Gasteiger partial charge in [-0.3, -0.25) is 0 Å². The van der Waals surface area contributed by atoms with Crippen LogP contribution < -0.4 is 15.2 Å². The average Bonchev–Trinajstić information content (AvgIpc) is 2.63. The van der Waals surface area contributed by atoms with Gasteiger partial charge in [0.25, 0.3) is 0 Å². The lowest BCUT2D eigenvalue weighted by atomic mass is 10.0. The Hall–Kier alpha value is -1.43. The maximum absolute atomic E-state index is 12.1. The standard InChI is InChI=1S/C11H12F3NO2/c12-11(13,14)5-8(15)4-7-2-1-3-9-10(7)17-6-16-9/h1-3,8H,4-6,15H2. The van der Waals surface area contributed by atoms with E-state index in [1.165, 1.54) is 0 Å². The molecular formula is C11H12F3NO2. The van der Waals surface area contributed by atoms with Gasteiger partial charge in [-0.1, -0.05) is 12.1 Å². The van der Waals surface area contributed by atoms with Crippen LogP contribution in [0.1, 0.15) is 12.0 Å². The second kappa shape index (κ2) is 4.44. The number of nitrogens with two attached hydrogens (primary N) is 1. The van der Waals surface area contributed by atoms with Gasteiger partial charge in [0.2, 0.25) is 6.79 Å².